The highest BCUT2D eigenvalue weighted by Crippen LogP contribution is 2.28. The van der Waals surface area contributed by atoms with Gasteiger partial charge in [-0.25, -0.2) is 0 Å². The van der Waals surface area contributed by atoms with Crippen molar-refractivity contribution in [3.8, 4) is 0 Å². The Morgan fingerprint density at radius 2 is 1.78 bits per heavy atom. The lowest BCUT2D eigenvalue weighted by Crippen LogP contribution is -2.43. The third kappa shape index (κ3) is 2.40. The first-order valence-electron chi connectivity index (χ1n) is 5.88. The summed E-state index contributed by atoms with van der Waals surface area (Å²) >= 11 is 0. The van der Waals surface area contributed by atoms with Gasteiger partial charge in [-0.15, -0.1) is 0 Å². The summed E-state index contributed by atoms with van der Waals surface area (Å²) in [6.07, 6.45) is 3.51. The van der Waals surface area contributed by atoms with E-state index < -0.39 is 5.54 Å². The van der Waals surface area contributed by atoms with E-state index in [2.05, 4.69) is 10.3 Å². The third-order valence-electron chi connectivity index (χ3n) is 3.02. The molecule has 2 aromatic rings. The maximum absolute atomic E-state index is 11.5. The lowest BCUT2D eigenvalue weighted by atomic mass is 9.85. The second kappa shape index (κ2) is 5.00. The summed E-state index contributed by atoms with van der Waals surface area (Å²) in [5.41, 5.74) is 1.45. The largest absolute Gasteiger partial charge is 0.343 e. The van der Waals surface area contributed by atoms with Gasteiger partial charge in [0.25, 0.3) is 0 Å². The molecular formula is C15H16N2O. The second-order valence-corrected chi connectivity index (χ2v) is 4.41. The van der Waals surface area contributed by atoms with E-state index in [9.17, 15) is 4.79 Å². The number of hydrogen-bond donors (Lipinski definition) is 1. The van der Waals surface area contributed by atoms with Crippen LogP contribution < -0.4 is 5.32 Å². The molecule has 0 saturated heterocycles. The van der Waals surface area contributed by atoms with Gasteiger partial charge in [0, 0.05) is 24.9 Å². The summed E-state index contributed by atoms with van der Waals surface area (Å²) in [5, 5.41) is 3.01. The van der Waals surface area contributed by atoms with Crippen LogP contribution in [0, 0.1) is 0 Å². The molecule has 3 heteroatoms. The normalized spacial score (nSPS) is 13.7. The quantitative estimate of drug-likeness (QED) is 0.895. The predicted octanol–water partition coefficient (Wildman–Crippen LogP) is 2.48. The monoisotopic (exact) mass is 240 g/mol. The molecule has 0 fully saturated rings. The number of rotatable bonds is 3. The van der Waals surface area contributed by atoms with Gasteiger partial charge in [-0.05, 0) is 18.6 Å². The van der Waals surface area contributed by atoms with Gasteiger partial charge < -0.3 is 5.32 Å². The van der Waals surface area contributed by atoms with Crippen molar-refractivity contribution in [1.82, 2.24) is 10.3 Å². The summed E-state index contributed by atoms with van der Waals surface area (Å²) in [6, 6.07) is 13.7. The fourth-order valence-electron chi connectivity index (χ4n) is 2.09. The molecule has 1 atom stereocenters. The van der Waals surface area contributed by atoms with Crippen LogP contribution in [0.2, 0.25) is 0 Å². The molecule has 0 aliphatic heterocycles. The van der Waals surface area contributed by atoms with Crippen LogP contribution >= 0.6 is 0 Å². The summed E-state index contributed by atoms with van der Waals surface area (Å²) < 4.78 is 0. The topological polar surface area (TPSA) is 42.0 Å². The van der Waals surface area contributed by atoms with Crippen LogP contribution in [0.1, 0.15) is 25.0 Å². The molecule has 92 valence electrons. The number of carbonyl (C=O) groups is 1. The fourth-order valence-corrected chi connectivity index (χ4v) is 2.09. The predicted molar refractivity (Wildman–Crippen MR) is 70.9 cm³/mol. The number of hydrogen-bond acceptors (Lipinski definition) is 2. The Morgan fingerprint density at radius 1 is 1.11 bits per heavy atom. The van der Waals surface area contributed by atoms with Crippen LogP contribution in [0.25, 0.3) is 0 Å². The zero-order chi connectivity index (χ0) is 13.0. The average Bonchev–Trinajstić information content (AvgIpc) is 2.40. The Hall–Kier alpha value is -2.16. The minimum Gasteiger partial charge on any atom is -0.343 e. The van der Waals surface area contributed by atoms with Crippen molar-refractivity contribution in [2.45, 2.75) is 19.4 Å². The number of amides is 1. The summed E-state index contributed by atoms with van der Waals surface area (Å²) in [6.45, 7) is 3.51. The Morgan fingerprint density at radius 3 is 2.33 bits per heavy atom. The van der Waals surface area contributed by atoms with Crippen molar-refractivity contribution >= 4 is 5.91 Å². The third-order valence-corrected chi connectivity index (χ3v) is 3.02. The van der Waals surface area contributed by atoms with Gasteiger partial charge >= 0.3 is 0 Å². The molecule has 0 saturated carbocycles. The number of benzene rings is 1. The van der Waals surface area contributed by atoms with E-state index >= 15 is 0 Å². The van der Waals surface area contributed by atoms with Gasteiger partial charge in [0.1, 0.15) is 0 Å². The Labute approximate surface area is 107 Å². The number of aromatic nitrogens is 1. The molecule has 1 N–H and O–H groups in total. The highest BCUT2D eigenvalue weighted by molar-refractivity contribution is 5.75. The molecule has 3 nitrogen and oxygen atoms in total. The maximum atomic E-state index is 11.5. The standard InChI is InChI=1S/C15H16N2O/c1-12(18)17-15(2,13-7-4-3-5-8-13)14-9-6-10-16-11-14/h3-11H,1-2H3,(H,17,18). The van der Waals surface area contributed by atoms with Crippen LogP contribution in [-0.4, -0.2) is 10.9 Å². The molecule has 0 spiro atoms. The van der Waals surface area contributed by atoms with Gasteiger partial charge in [-0.3, -0.25) is 9.78 Å². The van der Waals surface area contributed by atoms with Gasteiger partial charge in [0.05, 0.1) is 5.54 Å². The zero-order valence-electron chi connectivity index (χ0n) is 10.6. The summed E-state index contributed by atoms with van der Waals surface area (Å²) in [5.74, 6) is -0.0646. The van der Waals surface area contributed by atoms with E-state index in [4.69, 9.17) is 0 Å². The maximum Gasteiger partial charge on any atom is 0.217 e. The van der Waals surface area contributed by atoms with Crippen molar-refractivity contribution in [3.05, 3.63) is 66.0 Å². The van der Waals surface area contributed by atoms with Crippen molar-refractivity contribution in [1.29, 1.82) is 0 Å². The summed E-state index contributed by atoms with van der Waals surface area (Å²) in [7, 11) is 0. The van der Waals surface area contributed by atoms with Gasteiger partial charge in [0.2, 0.25) is 5.91 Å². The van der Waals surface area contributed by atoms with Gasteiger partial charge in [0.15, 0.2) is 0 Å². The van der Waals surface area contributed by atoms with E-state index in [1.54, 1.807) is 12.4 Å². The van der Waals surface area contributed by atoms with Crippen molar-refractivity contribution in [2.24, 2.45) is 0 Å². The minimum absolute atomic E-state index is 0.0646. The Balaban J connectivity index is 2.51. The molecule has 1 unspecified atom stereocenters. The first-order chi connectivity index (χ1) is 8.63. The Kier molecular flexibility index (Phi) is 3.42. The minimum atomic E-state index is -0.554. The van der Waals surface area contributed by atoms with Crippen molar-refractivity contribution < 1.29 is 4.79 Å². The lowest BCUT2D eigenvalue weighted by molar-refractivity contribution is -0.120. The van der Waals surface area contributed by atoms with E-state index in [-0.39, 0.29) is 5.91 Å². The van der Waals surface area contributed by atoms with Crippen molar-refractivity contribution in [2.75, 3.05) is 0 Å². The van der Waals surface area contributed by atoms with Crippen LogP contribution in [0.5, 0.6) is 0 Å². The summed E-state index contributed by atoms with van der Waals surface area (Å²) in [4.78, 5) is 15.6. The number of nitrogens with one attached hydrogen (secondary N) is 1. The fraction of sp³-hybridized carbons (Fsp3) is 0.200. The molecule has 0 aliphatic carbocycles. The molecule has 1 amide bonds. The SMILES string of the molecule is CC(=O)NC(C)(c1ccccc1)c1cccnc1. The van der Waals surface area contributed by atoms with E-state index in [0.717, 1.165) is 11.1 Å². The van der Waals surface area contributed by atoms with Crippen LogP contribution in [0.4, 0.5) is 0 Å². The first kappa shape index (κ1) is 12.3. The zero-order valence-corrected chi connectivity index (χ0v) is 10.6. The molecular weight excluding hydrogens is 224 g/mol. The highest BCUT2D eigenvalue weighted by atomic mass is 16.1. The van der Waals surface area contributed by atoms with Crippen molar-refractivity contribution in [3.63, 3.8) is 0 Å². The number of nitrogens with zero attached hydrogens (tertiary/aromatic N) is 1. The molecule has 2 rings (SSSR count). The number of carbonyl (C=O) groups excluding carboxylic acids is 1. The molecule has 1 heterocycles. The smallest absolute Gasteiger partial charge is 0.217 e. The second-order valence-electron chi connectivity index (χ2n) is 4.41. The molecule has 0 radical (unpaired) electrons. The van der Waals surface area contributed by atoms with Crippen LogP contribution in [0.15, 0.2) is 54.9 Å². The molecule has 0 aliphatic rings. The average molecular weight is 240 g/mol. The first-order valence-corrected chi connectivity index (χ1v) is 5.88. The molecule has 1 aromatic heterocycles. The van der Waals surface area contributed by atoms with E-state index in [0.29, 0.717) is 0 Å². The highest BCUT2D eigenvalue weighted by Gasteiger charge is 2.29. The van der Waals surface area contributed by atoms with E-state index in [1.807, 2.05) is 49.4 Å². The van der Waals surface area contributed by atoms with Gasteiger partial charge in [-0.1, -0.05) is 36.4 Å². The molecule has 1 aromatic carbocycles. The van der Waals surface area contributed by atoms with E-state index in [1.165, 1.54) is 6.92 Å². The van der Waals surface area contributed by atoms with Crippen LogP contribution in [-0.2, 0) is 10.3 Å². The van der Waals surface area contributed by atoms with Crippen LogP contribution in [0.3, 0.4) is 0 Å². The lowest BCUT2D eigenvalue weighted by Gasteiger charge is -2.31. The molecule has 18 heavy (non-hydrogen) atoms. The Bertz CT molecular complexity index is 483. The number of pyridine rings is 1. The molecule has 0 bridgehead atoms. The van der Waals surface area contributed by atoms with Gasteiger partial charge in [-0.2, -0.15) is 0 Å².